The zero-order chi connectivity index (χ0) is 13.9. The van der Waals surface area contributed by atoms with Gasteiger partial charge in [0.25, 0.3) is 0 Å². The van der Waals surface area contributed by atoms with Crippen LogP contribution in [-0.4, -0.2) is 45.3 Å². The molecule has 108 valence electrons. The van der Waals surface area contributed by atoms with Gasteiger partial charge in [-0.15, -0.1) is 0 Å². The van der Waals surface area contributed by atoms with Crippen molar-refractivity contribution in [2.24, 2.45) is 0 Å². The van der Waals surface area contributed by atoms with Crippen molar-refractivity contribution in [1.82, 2.24) is 10.2 Å². The summed E-state index contributed by atoms with van der Waals surface area (Å²) in [6.45, 7) is 4.86. The van der Waals surface area contributed by atoms with Gasteiger partial charge in [-0.05, 0) is 50.7 Å². The van der Waals surface area contributed by atoms with Crippen molar-refractivity contribution in [3.8, 4) is 0 Å². The highest BCUT2D eigenvalue weighted by atomic mass is 35.5. The minimum Gasteiger partial charge on any atom is -0.383 e. The Kier molecular flexibility index (Phi) is 8.84. The van der Waals surface area contributed by atoms with Crippen molar-refractivity contribution in [3.63, 3.8) is 0 Å². The van der Waals surface area contributed by atoms with E-state index in [1.807, 2.05) is 18.2 Å². The van der Waals surface area contributed by atoms with Crippen molar-refractivity contribution in [2.45, 2.75) is 19.4 Å². The van der Waals surface area contributed by atoms with Gasteiger partial charge in [-0.25, -0.2) is 0 Å². The summed E-state index contributed by atoms with van der Waals surface area (Å²) in [5.74, 6) is 0. The Hall–Kier alpha value is -0.610. The second kappa shape index (κ2) is 10.2. The molecule has 0 aliphatic carbocycles. The van der Waals surface area contributed by atoms with Crippen molar-refractivity contribution in [3.05, 3.63) is 34.9 Å². The Balaban J connectivity index is 2.06. The largest absolute Gasteiger partial charge is 0.383 e. The van der Waals surface area contributed by atoms with E-state index in [0.717, 1.165) is 37.8 Å². The fraction of sp³-hybridized carbons (Fsp3) is 0.600. The molecular formula is C15H25ClN2O. The van der Waals surface area contributed by atoms with Crippen LogP contribution in [0.5, 0.6) is 0 Å². The molecule has 0 spiro atoms. The van der Waals surface area contributed by atoms with Crippen molar-refractivity contribution in [2.75, 3.05) is 40.4 Å². The van der Waals surface area contributed by atoms with Crippen molar-refractivity contribution >= 4 is 11.6 Å². The number of rotatable bonds is 10. The van der Waals surface area contributed by atoms with Gasteiger partial charge in [0.05, 0.1) is 6.61 Å². The summed E-state index contributed by atoms with van der Waals surface area (Å²) in [7, 11) is 3.88. The number of unbranched alkanes of at least 4 members (excludes halogenated alkanes) is 1. The standard InChI is InChI=1S/C15H25ClN2O/c1-18(10-4-3-8-17-9-11-19-2)13-14-6-5-7-15(16)12-14/h5-7,12,17H,3-4,8-11,13H2,1-2H3. The van der Waals surface area contributed by atoms with E-state index in [2.05, 4.69) is 23.3 Å². The van der Waals surface area contributed by atoms with Gasteiger partial charge in [0.15, 0.2) is 0 Å². The quantitative estimate of drug-likeness (QED) is 0.669. The third kappa shape index (κ3) is 8.22. The lowest BCUT2D eigenvalue weighted by Gasteiger charge is -2.16. The SMILES string of the molecule is COCCNCCCCN(C)Cc1cccc(Cl)c1. The third-order valence-corrected chi connectivity index (χ3v) is 3.20. The molecule has 0 aliphatic rings. The second-order valence-electron chi connectivity index (χ2n) is 4.82. The Morgan fingerprint density at radius 3 is 2.84 bits per heavy atom. The number of nitrogens with zero attached hydrogens (tertiary/aromatic N) is 1. The lowest BCUT2D eigenvalue weighted by Crippen LogP contribution is -2.23. The molecule has 1 N–H and O–H groups in total. The molecule has 0 saturated carbocycles. The number of hydrogen-bond donors (Lipinski definition) is 1. The van der Waals surface area contributed by atoms with Crippen molar-refractivity contribution in [1.29, 1.82) is 0 Å². The summed E-state index contributed by atoms with van der Waals surface area (Å²) < 4.78 is 4.98. The molecule has 0 saturated heterocycles. The van der Waals surface area contributed by atoms with Crippen molar-refractivity contribution < 1.29 is 4.74 Å². The monoisotopic (exact) mass is 284 g/mol. The molecule has 19 heavy (non-hydrogen) atoms. The van der Waals surface area contributed by atoms with Gasteiger partial charge < -0.3 is 15.0 Å². The molecule has 3 nitrogen and oxygen atoms in total. The van der Waals surface area contributed by atoms with Crippen LogP contribution < -0.4 is 5.32 Å². The van der Waals surface area contributed by atoms with E-state index in [1.54, 1.807) is 7.11 Å². The van der Waals surface area contributed by atoms with Gasteiger partial charge >= 0.3 is 0 Å². The van der Waals surface area contributed by atoms with Crippen LogP contribution in [0.25, 0.3) is 0 Å². The van der Waals surface area contributed by atoms with Crippen LogP contribution in [-0.2, 0) is 11.3 Å². The summed E-state index contributed by atoms with van der Waals surface area (Å²) in [6.07, 6.45) is 2.40. The maximum atomic E-state index is 5.98. The molecule has 4 heteroatoms. The van der Waals surface area contributed by atoms with E-state index in [-0.39, 0.29) is 0 Å². The smallest absolute Gasteiger partial charge is 0.0587 e. The molecule has 0 radical (unpaired) electrons. The molecule has 0 amide bonds. The van der Waals surface area contributed by atoms with E-state index >= 15 is 0 Å². The number of methoxy groups -OCH3 is 1. The van der Waals surface area contributed by atoms with E-state index in [9.17, 15) is 0 Å². The predicted molar refractivity (Wildman–Crippen MR) is 81.8 cm³/mol. The van der Waals surface area contributed by atoms with Gasteiger partial charge in [0, 0.05) is 25.2 Å². The fourth-order valence-corrected chi connectivity index (χ4v) is 2.17. The van der Waals surface area contributed by atoms with Crippen LogP contribution >= 0.6 is 11.6 Å². The first-order chi connectivity index (χ1) is 9.22. The van der Waals surface area contributed by atoms with E-state index in [4.69, 9.17) is 16.3 Å². The minimum atomic E-state index is 0.786. The van der Waals surface area contributed by atoms with E-state index in [1.165, 1.54) is 18.4 Å². The van der Waals surface area contributed by atoms with Crippen LogP contribution in [0.4, 0.5) is 0 Å². The lowest BCUT2D eigenvalue weighted by atomic mass is 10.2. The number of benzene rings is 1. The highest BCUT2D eigenvalue weighted by Crippen LogP contribution is 2.12. The maximum absolute atomic E-state index is 5.98. The molecule has 0 aliphatic heterocycles. The Labute approximate surface area is 121 Å². The number of ether oxygens (including phenoxy) is 1. The number of nitrogens with one attached hydrogen (secondary N) is 1. The first-order valence-electron chi connectivity index (χ1n) is 6.85. The van der Waals surface area contributed by atoms with Gasteiger partial charge in [-0.2, -0.15) is 0 Å². The molecule has 0 unspecified atom stereocenters. The maximum Gasteiger partial charge on any atom is 0.0587 e. The zero-order valence-electron chi connectivity index (χ0n) is 12.0. The third-order valence-electron chi connectivity index (χ3n) is 2.97. The molecule has 1 aromatic carbocycles. The van der Waals surface area contributed by atoms with Crippen LogP contribution in [0.15, 0.2) is 24.3 Å². The second-order valence-corrected chi connectivity index (χ2v) is 5.25. The summed E-state index contributed by atoms with van der Waals surface area (Å²) >= 11 is 5.98. The molecule has 0 aromatic heterocycles. The first-order valence-corrected chi connectivity index (χ1v) is 7.23. The van der Waals surface area contributed by atoms with Crippen LogP contribution in [0, 0.1) is 0 Å². The summed E-state index contributed by atoms with van der Waals surface area (Å²) in [4.78, 5) is 2.33. The van der Waals surface area contributed by atoms with Crippen LogP contribution in [0.3, 0.4) is 0 Å². The predicted octanol–water partition coefficient (Wildman–Crippen LogP) is 2.79. The molecule has 0 fully saturated rings. The van der Waals surface area contributed by atoms with Gasteiger partial charge in [-0.1, -0.05) is 23.7 Å². The number of hydrogen-bond acceptors (Lipinski definition) is 3. The first kappa shape index (κ1) is 16.4. The Bertz CT molecular complexity index is 347. The average molecular weight is 285 g/mol. The zero-order valence-corrected chi connectivity index (χ0v) is 12.7. The van der Waals surface area contributed by atoms with Gasteiger partial charge in [0.2, 0.25) is 0 Å². The highest BCUT2D eigenvalue weighted by Gasteiger charge is 2.00. The highest BCUT2D eigenvalue weighted by molar-refractivity contribution is 6.30. The fourth-order valence-electron chi connectivity index (χ4n) is 1.96. The molecular weight excluding hydrogens is 260 g/mol. The minimum absolute atomic E-state index is 0.786. The summed E-state index contributed by atoms with van der Waals surface area (Å²) in [6, 6.07) is 8.07. The molecule has 0 bridgehead atoms. The Morgan fingerprint density at radius 2 is 2.11 bits per heavy atom. The molecule has 1 aromatic rings. The normalized spacial score (nSPS) is 11.2. The van der Waals surface area contributed by atoms with Gasteiger partial charge in [0.1, 0.15) is 0 Å². The van der Waals surface area contributed by atoms with E-state index < -0.39 is 0 Å². The molecule has 0 heterocycles. The van der Waals surface area contributed by atoms with Gasteiger partial charge in [-0.3, -0.25) is 0 Å². The summed E-state index contributed by atoms with van der Waals surface area (Å²) in [5, 5.41) is 4.17. The van der Waals surface area contributed by atoms with Crippen LogP contribution in [0.2, 0.25) is 5.02 Å². The molecule has 1 rings (SSSR count). The molecule has 0 atom stereocenters. The Morgan fingerprint density at radius 1 is 1.26 bits per heavy atom. The average Bonchev–Trinajstić information content (AvgIpc) is 2.37. The van der Waals surface area contributed by atoms with Crippen LogP contribution in [0.1, 0.15) is 18.4 Å². The summed E-state index contributed by atoms with van der Waals surface area (Å²) in [5.41, 5.74) is 1.27. The van der Waals surface area contributed by atoms with E-state index in [0.29, 0.717) is 0 Å². The lowest BCUT2D eigenvalue weighted by molar-refractivity contribution is 0.199. The number of halogens is 1. The topological polar surface area (TPSA) is 24.5 Å².